The van der Waals surface area contributed by atoms with Gasteiger partial charge in [0.15, 0.2) is 5.15 Å². The number of ether oxygens (including phenoxy) is 1. The lowest BCUT2D eigenvalue weighted by atomic mass is 10.2. The first-order valence-corrected chi connectivity index (χ1v) is 6.38. The molecule has 0 aliphatic carbocycles. The average molecular weight is 295 g/mol. The van der Waals surface area contributed by atoms with E-state index in [4.69, 9.17) is 16.3 Å². The van der Waals surface area contributed by atoms with Gasteiger partial charge in [0.1, 0.15) is 11.3 Å². The standard InChI is InChI=1S/C13H15ClN4O2/c1-13(2,3)20-12(19)17-10-8-16-18(11(10)14)9-5-4-6-15-7-9/h4-8H,1-3H3,(H,17,19). The molecule has 1 N–H and O–H groups in total. The molecule has 0 spiro atoms. The first kappa shape index (κ1) is 14.3. The van der Waals surface area contributed by atoms with Crippen molar-refractivity contribution in [3.05, 3.63) is 35.9 Å². The highest BCUT2D eigenvalue weighted by Crippen LogP contribution is 2.24. The summed E-state index contributed by atoms with van der Waals surface area (Å²) >= 11 is 6.18. The topological polar surface area (TPSA) is 69.0 Å². The van der Waals surface area contributed by atoms with Gasteiger partial charge in [0.05, 0.1) is 18.1 Å². The van der Waals surface area contributed by atoms with Crippen LogP contribution >= 0.6 is 11.6 Å². The van der Waals surface area contributed by atoms with Crippen molar-refractivity contribution in [3.63, 3.8) is 0 Å². The SMILES string of the molecule is CC(C)(C)OC(=O)Nc1cnn(-c2cccnc2)c1Cl. The normalized spacial score (nSPS) is 11.2. The van der Waals surface area contributed by atoms with Gasteiger partial charge in [-0.25, -0.2) is 9.48 Å². The number of nitrogens with zero attached hydrogens (tertiary/aromatic N) is 3. The minimum atomic E-state index is -0.579. The van der Waals surface area contributed by atoms with Gasteiger partial charge in [-0.05, 0) is 32.9 Å². The third kappa shape index (κ3) is 3.48. The number of anilines is 1. The van der Waals surface area contributed by atoms with Gasteiger partial charge < -0.3 is 4.74 Å². The van der Waals surface area contributed by atoms with Crippen LogP contribution in [0.5, 0.6) is 0 Å². The summed E-state index contributed by atoms with van der Waals surface area (Å²) in [7, 11) is 0. The van der Waals surface area contributed by atoms with E-state index in [1.54, 1.807) is 39.2 Å². The summed E-state index contributed by atoms with van der Waals surface area (Å²) in [6.45, 7) is 5.35. The first-order chi connectivity index (χ1) is 9.37. The molecule has 0 atom stereocenters. The Hall–Kier alpha value is -2.08. The van der Waals surface area contributed by atoms with E-state index in [0.29, 0.717) is 11.4 Å². The maximum Gasteiger partial charge on any atom is 0.412 e. The Balaban J connectivity index is 2.16. The smallest absolute Gasteiger partial charge is 0.412 e. The van der Waals surface area contributed by atoms with Crippen LogP contribution in [0, 0.1) is 0 Å². The maximum absolute atomic E-state index is 11.7. The van der Waals surface area contributed by atoms with Gasteiger partial charge >= 0.3 is 6.09 Å². The molecule has 20 heavy (non-hydrogen) atoms. The molecule has 2 rings (SSSR count). The number of amides is 1. The van der Waals surface area contributed by atoms with E-state index in [0.717, 1.165) is 0 Å². The predicted molar refractivity (Wildman–Crippen MR) is 76.2 cm³/mol. The fourth-order valence-corrected chi connectivity index (χ4v) is 1.73. The molecule has 0 unspecified atom stereocenters. The summed E-state index contributed by atoms with van der Waals surface area (Å²) in [5.74, 6) is 0. The predicted octanol–water partition coefficient (Wildman–Crippen LogP) is 3.27. The molecule has 0 saturated heterocycles. The van der Waals surface area contributed by atoms with Crippen molar-refractivity contribution in [2.75, 3.05) is 5.32 Å². The number of hydrogen-bond donors (Lipinski definition) is 1. The van der Waals surface area contributed by atoms with E-state index in [9.17, 15) is 4.79 Å². The summed E-state index contributed by atoms with van der Waals surface area (Å²) in [4.78, 5) is 15.7. The third-order valence-corrected chi connectivity index (χ3v) is 2.60. The number of nitrogens with one attached hydrogen (secondary N) is 1. The number of halogens is 1. The van der Waals surface area contributed by atoms with Crippen LogP contribution in [0.3, 0.4) is 0 Å². The van der Waals surface area contributed by atoms with E-state index in [-0.39, 0.29) is 5.15 Å². The van der Waals surface area contributed by atoms with E-state index < -0.39 is 11.7 Å². The molecule has 106 valence electrons. The van der Waals surface area contributed by atoms with Crippen molar-refractivity contribution in [1.29, 1.82) is 0 Å². The van der Waals surface area contributed by atoms with Gasteiger partial charge in [-0.15, -0.1) is 0 Å². The van der Waals surface area contributed by atoms with E-state index in [2.05, 4.69) is 15.4 Å². The minimum absolute atomic E-state index is 0.281. The molecule has 6 nitrogen and oxygen atoms in total. The molecular weight excluding hydrogens is 280 g/mol. The Morgan fingerprint density at radius 2 is 2.15 bits per heavy atom. The van der Waals surface area contributed by atoms with Crippen molar-refractivity contribution in [3.8, 4) is 5.69 Å². The summed E-state index contributed by atoms with van der Waals surface area (Å²) in [5, 5.41) is 6.95. The lowest BCUT2D eigenvalue weighted by molar-refractivity contribution is 0.0636. The molecule has 2 aromatic heterocycles. The lowest BCUT2D eigenvalue weighted by Gasteiger charge is -2.19. The highest BCUT2D eigenvalue weighted by atomic mass is 35.5. The molecule has 0 aromatic carbocycles. The Kier molecular flexibility index (Phi) is 3.94. The second-order valence-corrected chi connectivity index (χ2v) is 5.46. The Bertz CT molecular complexity index is 605. The zero-order valence-corrected chi connectivity index (χ0v) is 12.2. The number of hydrogen-bond acceptors (Lipinski definition) is 4. The second-order valence-electron chi connectivity index (χ2n) is 5.10. The Labute approximate surface area is 121 Å². The van der Waals surface area contributed by atoms with Crippen LogP contribution in [0.25, 0.3) is 5.69 Å². The number of aromatic nitrogens is 3. The molecular formula is C13H15ClN4O2. The Morgan fingerprint density at radius 3 is 2.75 bits per heavy atom. The Morgan fingerprint density at radius 1 is 1.40 bits per heavy atom. The summed E-state index contributed by atoms with van der Waals surface area (Å²) in [6.07, 6.45) is 4.15. The number of carbonyl (C=O) groups is 1. The van der Waals surface area contributed by atoms with E-state index in [1.165, 1.54) is 10.9 Å². The van der Waals surface area contributed by atoms with Crippen LogP contribution in [0.15, 0.2) is 30.7 Å². The second kappa shape index (κ2) is 5.50. The first-order valence-electron chi connectivity index (χ1n) is 6.01. The molecule has 0 radical (unpaired) electrons. The van der Waals surface area contributed by atoms with Crippen LogP contribution in [0.2, 0.25) is 5.15 Å². The summed E-state index contributed by atoms with van der Waals surface area (Å²) in [6, 6.07) is 3.58. The summed E-state index contributed by atoms with van der Waals surface area (Å²) < 4.78 is 6.63. The van der Waals surface area contributed by atoms with Crippen molar-refractivity contribution in [2.45, 2.75) is 26.4 Å². The van der Waals surface area contributed by atoms with Crippen LogP contribution in [-0.2, 0) is 4.74 Å². The highest BCUT2D eigenvalue weighted by molar-refractivity contribution is 6.32. The van der Waals surface area contributed by atoms with Crippen LogP contribution < -0.4 is 5.32 Å². The molecule has 0 bridgehead atoms. The van der Waals surface area contributed by atoms with Gasteiger partial charge in [0.2, 0.25) is 0 Å². The molecule has 2 aromatic rings. The van der Waals surface area contributed by atoms with Gasteiger partial charge in [0.25, 0.3) is 0 Å². The molecule has 2 heterocycles. The molecule has 7 heteroatoms. The zero-order valence-electron chi connectivity index (χ0n) is 11.4. The average Bonchev–Trinajstić information content (AvgIpc) is 2.70. The van der Waals surface area contributed by atoms with Crippen molar-refractivity contribution in [2.24, 2.45) is 0 Å². The van der Waals surface area contributed by atoms with E-state index in [1.807, 2.05) is 6.07 Å². The number of carbonyl (C=O) groups excluding carboxylic acids is 1. The lowest BCUT2D eigenvalue weighted by Crippen LogP contribution is -2.27. The number of rotatable bonds is 2. The fraction of sp³-hybridized carbons (Fsp3) is 0.308. The third-order valence-electron chi connectivity index (χ3n) is 2.24. The van der Waals surface area contributed by atoms with Crippen molar-refractivity contribution >= 4 is 23.4 Å². The zero-order chi connectivity index (χ0) is 14.8. The molecule has 0 aliphatic heterocycles. The van der Waals surface area contributed by atoms with Crippen LogP contribution in [0.4, 0.5) is 10.5 Å². The monoisotopic (exact) mass is 294 g/mol. The van der Waals surface area contributed by atoms with Crippen LogP contribution in [0.1, 0.15) is 20.8 Å². The number of pyridine rings is 1. The van der Waals surface area contributed by atoms with Gasteiger partial charge in [-0.2, -0.15) is 5.10 Å². The summed E-state index contributed by atoms with van der Waals surface area (Å²) in [5.41, 5.74) is 0.509. The van der Waals surface area contributed by atoms with Crippen molar-refractivity contribution < 1.29 is 9.53 Å². The fourth-order valence-electron chi connectivity index (χ4n) is 1.49. The van der Waals surface area contributed by atoms with Gasteiger partial charge in [-0.1, -0.05) is 11.6 Å². The maximum atomic E-state index is 11.7. The molecule has 0 aliphatic rings. The van der Waals surface area contributed by atoms with Gasteiger partial charge in [-0.3, -0.25) is 10.3 Å². The quantitative estimate of drug-likeness (QED) is 0.923. The van der Waals surface area contributed by atoms with Crippen LogP contribution in [-0.4, -0.2) is 26.5 Å². The largest absolute Gasteiger partial charge is 0.444 e. The van der Waals surface area contributed by atoms with Gasteiger partial charge in [0, 0.05) is 6.20 Å². The van der Waals surface area contributed by atoms with E-state index >= 15 is 0 Å². The molecule has 0 fully saturated rings. The highest BCUT2D eigenvalue weighted by Gasteiger charge is 2.18. The van der Waals surface area contributed by atoms with Crippen molar-refractivity contribution in [1.82, 2.24) is 14.8 Å². The molecule has 1 amide bonds. The molecule has 0 saturated carbocycles. The minimum Gasteiger partial charge on any atom is -0.444 e.